The van der Waals surface area contributed by atoms with Crippen LogP contribution in [0.25, 0.3) is 0 Å². The predicted octanol–water partition coefficient (Wildman–Crippen LogP) is 2.60. The summed E-state index contributed by atoms with van der Waals surface area (Å²) in [6.07, 6.45) is -1.95. The standard InChI is InChI=1S/C21H30N2O8/c1-14(22-19(27)30-13-15-8-6-5-7-9-15)12-29-17(24)11-10-16(18(25)26)23-20(28)31-21(2,3)4/h5-9,14,16H,10-13H2,1-4H3,(H,22,27)(H,23,28)(H,25,26)/t14-,16?/m1/s1. The Morgan fingerprint density at radius 2 is 1.65 bits per heavy atom. The average Bonchev–Trinajstić information content (AvgIpc) is 2.67. The van der Waals surface area contributed by atoms with E-state index in [0.717, 1.165) is 5.56 Å². The van der Waals surface area contributed by atoms with Crippen molar-refractivity contribution in [2.75, 3.05) is 6.61 Å². The highest BCUT2D eigenvalue weighted by molar-refractivity contribution is 5.81. The van der Waals surface area contributed by atoms with Crippen LogP contribution in [0, 0.1) is 0 Å². The van der Waals surface area contributed by atoms with Gasteiger partial charge >= 0.3 is 24.1 Å². The molecule has 10 nitrogen and oxygen atoms in total. The SMILES string of the molecule is C[C@H](COC(=O)CCC(NC(=O)OC(C)(C)C)C(=O)O)NC(=O)OCc1ccccc1. The number of carbonyl (C=O) groups excluding carboxylic acids is 3. The van der Waals surface area contributed by atoms with E-state index in [-0.39, 0.29) is 26.1 Å². The van der Waals surface area contributed by atoms with Crippen LogP contribution in [0.1, 0.15) is 46.1 Å². The fourth-order valence-corrected chi connectivity index (χ4v) is 2.27. The third-order valence-corrected chi connectivity index (χ3v) is 3.70. The third kappa shape index (κ3) is 12.1. The minimum absolute atomic E-state index is 0.112. The zero-order valence-electron chi connectivity index (χ0n) is 18.2. The van der Waals surface area contributed by atoms with Crippen molar-refractivity contribution in [1.82, 2.24) is 10.6 Å². The van der Waals surface area contributed by atoms with Gasteiger partial charge in [0.1, 0.15) is 24.9 Å². The molecule has 0 aliphatic heterocycles. The molecular formula is C21H30N2O8. The molecule has 2 amide bonds. The van der Waals surface area contributed by atoms with Gasteiger partial charge in [-0.25, -0.2) is 14.4 Å². The molecule has 0 aromatic heterocycles. The van der Waals surface area contributed by atoms with E-state index in [1.165, 1.54) is 0 Å². The minimum atomic E-state index is -1.30. The van der Waals surface area contributed by atoms with Gasteiger partial charge in [-0.2, -0.15) is 0 Å². The summed E-state index contributed by atoms with van der Waals surface area (Å²) in [7, 11) is 0. The molecule has 0 aliphatic rings. The Morgan fingerprint density at radius 1 is 1.00 bits per heavy atom. The van der Waals surface area contributed by atoms with Gasteiger partial charge in [-0.15, -0.1) is 0 Å². The number of amides is 2. The maximum atomic E-state index is 11.9. The average molecular weight is 438 g/mol. The van der Waals surface area contributed by atoms with E-state index in [9.17, 15) is 24.3 Å². The monoisotopic (exact) mass is 438 g/mol. The smallest absolute Gasteiger partial charge is 0.408 e. The van der Waals surface area contributed by atoms with Gasteiger partial charge in [-0.1, -0.05) is 30.3 Å². The Kier molecular flexibility index (Phi) is 10.3. The molecular weight excluding hydrogens is 408 g/mol. The summed E-state index contributed by atoms with van der Waals surface area (Å²) < 4.78 is 15.1. The van der Waals surface area contributed by atoms with Crippen LogP contribution < -0.4 is 10.6 Å². The molecule has 1 unspecified atom stereocenters. The number of esters is 1. The number of rotatable bonds is 10. The molecule has 1 aromatic rings. The summed E-state index contributed by atoms with van der Waals surface area (Å²) in [6, 6.07) is 7.34. The maximum absolute atomic E-state index is 11.9. The highest BCUT2D eigenvalue weighted by Gasteiger charge is 2.25. The second-order valence-electron chi connectivity index (χ2n) is 7.87. The first-order valence-electron chi connectivity index (χ1n) is 9.81. The van der Waals surface area contributed by atoms with Gasteiger partial charge < -0.3 is 30.0 Å². The maximum Gasteiger partial charge on any atom is 0.408 e. The Balaban J connectivity index is 2.31. The zero-order valence-corrected chi connectivity index (χ0v) is 18.2. The highest BCUT2D eigenvalue weighted by Crippen LogP contribution is 2.08. The molecule has 1 aromatic carbocycles. The van der Waals surface area contributed by atoms with Crippen LogP contribution in [0.3, 0.4) is 0 Å². The van der Waals surface area contributed by atoms with Gasteiger partial charge in [0.2, 0.25) is 0 Å². The van der Waals surface area contributed by atoms with Crippen molar-refractivity contribution in [3.05, 3.63) is 35.9 Å². The molecule has 0 fully saturated rings. The number of benzene rings is 1. The first-order chi connectivity index (χ1) is 14.5. The highest BCUT2D eigenvalue weighted by atomic mass is 16.6. The van der Waals surface area contributed by atoms with Gasteiger partial charge in [0.15, 0.2) is 0 Å². The summed E-state index contributed by atoms with van der Waals surface area (Å²) in [4.78, 5) is 46.7. The van der Waals surface area contributed by atoms with Crippen molar-refractivity contribution in [2.24, 2.45) is 0 Å². The molecule has 1 rings (SSSR count). The molecule has 0 bridgehead atoms. The number of hydrogen-bond donors (Lipinski definition) is 3. The lowest BCUT2D eigenvalue weighted by atomic mass is 10.1. The van der Waals surface area contributed by atoms with E-state index < -0.39 is 41.8 Å². The molecule has 3 N–H and O–H groups in total. The van der Waals surface area contributed by atoms with E-state index in [1.54, 1.807) is 27.7 Å². The fraction of sp³-hybridized carbons (Fsp3) is 0.524. The number of ether oxygens (including phenoxy) is 3. The molecule has 172 valence electrons. The second-order valence-corrected chi connectivity index (χ2v) is 7.87. The van der Waals surface area contributed by atoms with Crippen LogP contribution in [-0.4, -0.2) is 53.5 Å². The van der Waals surface area contributed by atoms with Crippen molar-refractivity contribution in [1.29, 1.82) is 0 Å². The number of aliphatic carboxylic acids is 1. The first-order valence-corrected chi connectivity index (χ1v) is 9.81. The lowest BCUT2D eigenvalue weighted by Gasteiger charge is -2.22. The molecule has 2 atom stereocenters. The summed E-state index contributed by atoms with van der Waals surface area (Å²) >= 11 is 0. The largest absolute Gasteiger partial charge is 0.480 e. The van der Waals surface area contributed by atoms with Crippen molar-refractivity contribution < 1.29 is 38.5 Å². The quantitative estimate of drug-likeness (QED) is 0.374. The van der Waals surface area contributed by atoms with E-state index in [1.807, 2.05) is 30.3 Å². The number of hydrogen-bond acceptors (Lipinski definition) is 7. The Labute approximate surface area is 181 Å². The van der Waals surface area contributed by atoms with E-state index in [4.69, 9.17) is 14.2 Å². The molecule has 0 spiro atoms. The lowest BCUT2D eigenvalue weighted by Crippen LogP contribution is -2.43. The summed E-state index contributed by atoms with van der Waals surface area (Å²) in [5.41, 5.74) is 0.0574. The van der Waals surface area contributed by atoms with Gasteiger partial charge in [0.25, 0.3) is 0 Å². The van der Waals surface area contributed by atoms with Crippen LogP contribution in [0.5, 0.6) is 0 Å². The Bertz CT molecular complexity index is 745. The Morgan fingerprint density at radius 3 is 2.23 bits per heavy atom. The summed E-state index contributed by atoms with van der Waals surface area (Å²) in [5.74, 6) is -1.96. The number of alkyl carbamates (subject to hydrolysis) is 2. The van der Waals surface area contributed by atoms with Crippen LogP contribution in [0.2, 0.25) is 0 Å². The molecule has 0 saturated heterocycles. The third-order valence-electron chi connectivity index (χ3n) is 3.70. The normalized spacial score (nSPS) is 12.8. The van der Waals surface area contributed by atoms with E-state index in [2.05, 4.69) is 10.6 Å². The van der Waals surface area contributed by atoms with Gasteiger partial charge in [0.05, 0.1) is 6.04 Å². The van der Waals surface area contributed by atoms with Crippen molar-refractivity contribution in [3.63, 3.8) is 0 Å². The molecule has 0 aliphatic carbocycles. The number of nitrogens with one attached hydrogen (secondary N) is 2. The number of carboxylic acid groups (broad SMARTS) is 1. The zero-order chi connectivity index (χ0) is 23.4. The van der Waals surface area contributed by atoms with Crippen LogP contribution >= 0.6 is 0 Å². The summed E-state index contributed by atoms with van der Waals surface area (Å²) in [6.45, 7) is 6.56. The van der Waals surface area contributed by atoms with Crippen LogP contribution in [0.4, 0.5) is 9.59 Å². The molecule has 0 heterocycles. The van der Waals surface area contributed by atoms with Crippen molar-refractivity contribution in [3.8, 4) is 0 Å². The Hall–Kier alpha value is -3.30. The molecule has 31 heavy (non-hydrogen) atoms. The number of carbonyl (C=O) groups is 4. The van der Waals surface area contributed by atoms with Crippen molar-refractivity contribution >= 4 is 24.1 Å². The van der Waals surface area contributed by atoms with Crippen molar-refractivity contribution in [2.45, 2.75) is 64.8 Å². The molecule has 0 saturated carbocycles. The number of carboxylic acids is 1. The van der Waals surface area contributed by atoms with Crippen LogP contribution in [-0.2, 0) is 30.4 Å². The van der Waals surface area contributed by atoms with E-state index in [0.29, 0.717) is 0 Å². The molecule has 10 heteroatoms. The van der Waals surface area contributed by atoms with Gasteiger partial charge in [-0.3, -0.25) is 4.79 Å². The topological polar surface area (TPSA) is 140 Å². The minimum Gasteiger partial charge on any atom is -0.480 e. The van der Waals surface area contributed by atoms with Gasteiger partial charge in [-0.05, 0) is 39.7 Å². The first kappa shape index (κ1) is 25.7. The lowest BCUT2D eigenvalue weighted by molar-refractivity contribution is -0.145. The fourth-order valence-electron chi connectivity index (χ4n) is 2.27. The summed E-state index contributed by atoms with van der Waals surface area (Å²) in [5, 5.41) is 13.9. The second kappa shape index (κ2) is 12.4. The van der Waals surface area contributed by atoms with E-state index >= 15 is 0 Å². The molecule has 0 radical (unpaired) electrons. The predicted molar refractivity (Wildman–Crippen MR) is 110 cm³/mol. The van der Waals surface area contributed by atoms with Crippen LogP contribution in [0.15, 0.2) is 30.3 Å². The van der Waals surface area contributed by atoms with Gasteiger partial charge in [0, 0.05) is 6.42 Å².